The van der Waals surface area contributed by atoms with Gasteiger partial charge < -0.3 is 15.3 Å². The van der Waals surface area contributed by atoms with Crippen molar-refractivity contribution in [1.29, 1.82) is 0 Å². The van der Waals surface area contributed by atoms with E-state index >= 15 is 0 Å². The number of hydrogen-bond donors (Lipinski definition) is 3. The summed E-state index contributed by atoms with van der Waals surface area (Å²) >= 11 is 0. The zero-order valence-electron chi connectivity index (χ0n) is 22.2. The molecule has 2 fully saturated rings. The van der Waals surface area contributed by atoms with E-state index in [1.54, 1.807) is 30.3 Å². The Labute approximate surface area is 230 Å². The molecule has 1 saturated carbocycles. The molecule has 2 aromatic rings. The Morgan fingerprint density at radius 1 is 1.05 bits per heavy atom. The van der Waals surface area contributed by atoms with Crippen LogP contribution in [0.25, 0.3) is 0 Å². The van der Waals surface area contributed by atoms with E-state index in [4.69, 9.17) is 9.90 Å². The van der Waals surface area contributed by atoms with Gasteiger partial charge >= 0.3 is 12.1 Å². The number of hydrogen-bond acceptors (Lipinski definition) is 5. The van der Waals surface area contributed by atoms with Crippen molar-refractivity contribution in [2.45, 2.75) is 62.4 Å². The Kier molecular flexibility index (Phi) is 9.49. The van der Waals surface area contributed by atoms with Crippen LogP contribution >= 0.6 is 0 Å². The summed E-state index contributed by atoms with van der Waals surface area (Å²) < 4.78 is 59.8. The van der Waals surface area contributed by atoms with Crippen molar-refractivity contribution < 1.29 is 41.1 Å². The lowest BCUT2D eigenvalue weighted by Gasteiger charge is -2.18. The summed E-state index contributed by atoms with van der Waals surface area (Å²) in [5.41, 5.74) is 2.78. The molecule has 1 aliphatic carbocycles. The van der Waals surface area contributed by atoms with Crippen LogP contribution in [0.3, 0.4) is 0 Å². The summed E-state index contributed by atoms with van der Waals surface area (Å²) in [7, 11) is -3.68. The number of carboxylic acid groups (broad SMARTS) is 1. The Morgan fingerprint density at radius 2 is 1.68 bits per heavy atom. The molecular weight excluding hydrogens is 551 g/mol. The number of amides is 2. The summed E-state index contributed by atoms with van der Waals surface area (Å²) in [6.45, 7) is 5.86. The fraction of sp³-hybridized carbons (Fsp3) is 0.444. The molecule has 13 heteroatoms. The van der Waals surface area contributed by atoms with Gasteiger partial charge in [-0.3, -0.25) is 14.3 Å². The van der Waals surface area contributed by atoms with E-state index in [1.807, 2.05) is 30.9 Å². The van der Waals surface area contributed by atoms with Gasteiger partial charge in [0.05, 0.1) is 10.3 Å². The van der Waals surface area contributed by atoms with Crippen LogP contribution < -0.4 is 10.0 Å². The van der Waals surface area contributed by atoms with Gasteiger partial charge in [0, 0.05) is 31.7 Å². The number of halogens is 3. The molecule has 1 aliphatic heterocycles. The molecule has 0 spiro atoms. The number of rotatable bonds is 9. The fourth-order valence-corrected chi connectivity index (χ4v) is 5.45. The minimum absolute atomic E-state index is 0.00119. The van der Waals surface area contributed by atoms with Gasteiger partial charge in [0.2, 0.25) is 11.8 Å². The molecule has 2 amide bonds. The molecule has 0 atom stereocenters. The Bertz CT molecular complexity index is 1360. The van der Waals surface area contributed by atoms with Crippen LogP contribution in [-0.2, 0) is 29.8 Å². The standard InChI is InChI=1S/C25H31N3O4S.C2HF3O2/c1-18-6-11-22(17-19(18)2)33(31,32)27-21-9-7-20(8-10-21)25(12-13-25)24(30)26-14-4-16-28-15-3-5-23(28)29;3-2(4,5)1(6)7/h6-11,17,27H,3-5,12-16H2,1-2H3,(H,26,30);(H,6,7). The maximum absolute atomic E-state index is 12.8. The van der Waals surface area contributed by atoms with E-state index in [0.717, 1.165) is 48.9 Å². The summed E-state index contributed by atoms with van der Waals surface area (Å²) in [4.78, 5) is 35.5. The lowest BCUT2D eigenvalue weighted by molar-refractivity contribution is -0.192. The van der Waals surface area contributed by atoms with E-state index in [2.05, 4.69) is 10.0 Å². The highest BCUT2D eigenvalue weighted by Crippen LogP contribution is 2.48. The Morgan fingerprint density at radius 3 is 2.17 bits per heavy atom. The molecule has 40 heavy (non-hydrogen) atoms. The first kappa shape index (κ1) is 30.9. The quantitative estimate of drug-likeness (QED) is 0.384. The average molecular weight is 584 g/mol. The predicted molar refractivity (Wildman–Crippen MR) is 141 cm³/mol. The number of likely N-dealkylation sites (tertiary alicyclic amines) is 1. The third kappa shape index (κ3) is 7.74. The van der Waals surface area contributed by atoms with Gasteiger partial charge in [0.25, 0.3) is 10.0 Å². The highest BCUT2D eigenvalue weighted by molar-refractivity contribution is 7.92. The molecule has 0 bridgehead atoms. The van der Waals surface area contributed by atoms with Crippen LogP contribution in [0.4, 0.5) is 18.9 Å². The Balaban J connectivity index is 0.000000559. The predicted octanol–water partition coefficient (Wildman–Crippen LogP) is 3.90. The molecule has 218 valence electrons. The van der Waals surface area contributed by atoms with E-state index in [1.165, 1.54) is 0 Å². The van der Waals surface area contributed by atoms with Gasteiger partial charge in [-0.15, -0.1) is 0 Å². The molecule has 2 aromatic carbocycles. The zero-order valence-corrected chi connectivity index (χ0v) is 23.0. The first-order valence-corrected chi connectivity index (χ1v) is 14.2. The second kappa shape index (κ2) is 12.3. The van der Waals surface area contributed by atoms with Crippen LogP contribution in [0.1, 0.15) is 48.8 Å². The summed E-state index contributed by atoms with van der Waals surface area (Å²) in [6.07, 6.45) is -1.24. The van der Waals surface area contributed by atoms with Crippen molar-refractivity contribution in [2.75, 3.05) is 24.4 Å². The van der Waals surface area contributed by atoms with Gasteiger partial charge in [0.1, 0.15) is 0 Å². The van der Waals surface area contributed by atoms with Crippen molar-refractivity contribution in [2.24, 2.45) is 0 Å². The zero-order chi connectivity index (χ0) is 29.7. The molecule has 0 aromatic heterocycles. The molecule has 0 unspecified atom stereocenters. The number of anilines is 1. The number of nitrogens with one attached hydrogen (secondary N) is 2. The molecule has 0 radical (unpaired) electrons. The average Bonchev–Trinajstić information content (AvgIpc) is 3.59. The monoisotopic (exact) mass is 583 g/mol. The topological polar surface area (TPSA) is 133 Å². The third-order valence-electron chi connectivity index (χ3n) is 6.97. The van der Waals surface area contributed by atoms with Crippen molar-refractivity contribution in [1.82, 2.24) is 10.2 Å². The number of nitrogens with zero attached hydrogens (tertiary/aromatic N) is 1. The van der Waals surface area contributed by atoms with Gasteiger partial charge in [-0.25, -0.2) is 13.2 Å². The normalized spacial score (nSPS) is 16.1. The lowest BCUT2D eigenvalue weighted by Crippen LogP contribution is -2.36. The molecule has 2 aliphatic rings. The highest BCUT2D eigenvalue weighted by atomic mass is 32.2. The largest absolute Gasteiger partial charge is 0.490 e. The summed E-state index contributed by atoms with van der Waals surface area (Å²) in [5, 5.41) is 10.1. The van der Waals surface area contributed by atoms with Crippen LogP contribution in [0, 0.1) is 13.8 Å². The number of carboxylic acids is 1. The number of sulfonamides is 1. The maximum atomic E-state index is 12.8. The van der Waals surface area contributed by atoms with E-state index < -0.39 is 27.6 Å². The molecule has 3 N–H and O–H groups in total. The molecule has 4 rings (SSSR count). The van der Waals surface area contributed by atoms with Crippen molar-refractivity contribution in [3.8, 4) is 0 Å². The second-order valence-electron chi connectivity index (χ2n) is 9.91. The van der Waals surface area contributed by atoms with Crippen LogP contribution in [0.5, 0.6) is 0 Å². The highest BCUT2D eigenvalue weighted by Gasteiger charge is 2.51. The lowest BCUT2D eigenvalue weighted by atomic mass is 9.95. The van der Waals surface area contributed by atoms with E-state index in [0.29, 0.717) is 25.2 Å². The van der Waals surface area contributed by atoms with Crippen LogP contribution in [-0.4, -0.2) is 62.0 Å². The van der Waals surface area contributed by atoms with Crippen LogP contribution in [0.2, 0.25) is 0 Å². The number of aryl methyl sites for hydroxylation is 2. The Hall–Kier alpha value is -3.61. The summed E-state index contributed by atoms with van der Waals surface area (Å²) in [5.74, 6) is -2.56. The third-order valence-corrected chi connectivity index (χ3v) is 8.35. The minimum Gasteiger partial charge on any atom is -0.475 e. The van der Waals surface area contributed by atoms with E-state index in [9.17, 15) is 31.2 Å². The van der Waals surface area contributed by atoms with Gasteiger partial charge in [-0.1, -0.05) is 18.2 Å². The number of alkyl halides is 3. The van der Waals surface area contributed by atoms with E-state index in [-0.39, 0.29) is 16.7 Å². The minimum atomic E-state index is -5.08. The smallest absolute Gasteiger partial charge is 0.475 e. The number of aliphatic carboxylic acids is 1. The van der Waals surface area contributed by atoms with Gasteiger partial charge in [-0.05, 0) is 80.5 Å². The molecule has 1 heterocycles. The molecular formula is C27H32F3N3O6S. The van der Waals surface area contributed by atoms with Gasteiger partial charge in [-0.2, -0.15) is 13.2 Å². The van der Waals surface area contributed by atoms with Gasteiger partial charge in [0.15, 0.2) is 0 Å². The fourth-order valence-electron chi connectivity index (χ4n) is 4.31. The van der Waals surface area contributed by atoms with Crippen molar-refractivity contribution in [3.05, 3.63) is 59.2 Å². The van der Waals surface area contributed by atoms with Crippen LogP contribution in [0.15, 0.2) is 47.4 Å². The molecule has 9 nitrogen and oxygen atoms in total. The number of carbonyl (C=O) groups is 3. The second-order valence-corrected chi connectivity index (χ2v) is 11.6. The number of carbonyl (C=O) groups excluding carboxylic acids is 2. The SMILES string of the molecule is Cc1ccc(S(=O)(=O)Nc2ccc(C3(C(=O)NCCCN4CCCC4=O)CC3)cc2)cc1C.O=C(O)C(F)(F)F. The van der Waals surface area contributed by atoms with Crippen molar-refractivity contribution >= 4 is 33.5 Å². The van der Waals surface area contributed by atoms with Crippen molar-refractivity contribution in [3.63, 3.8) is 0 Å². The molecule has 1 saturated heterocycles. The summed E-state index contributed by atoms with van der Waals surface area (Å²) in [6, 6.07) is 12.1. The first-order chi connectivity index (χ1) is 18.7. The number of benzene rings is 2. The first-order valence-electron chi connectivity index (χ1n) is 12.7. The maximum Gasteiger partial charge on any atom is 0.490 e.